The van der Waals surface area contributed by atoms with Gasteiger partial charge in [0.1, 0.15) is 18.3 Å². The van der Waals surface area contributed by atoms with Gasteiger partial charge in [0.2, 0.25) is 0 Å². The Morgan fingerprint density at radius 3 is 1.46 bits per heavy atom. The molecule has 1 N–H and O–H groups in total. The number of rotatable bonds is 9. The number of ether oxygens (including phenoxy) is 1. The van der Waals surface area contributed by atoms with E-state index in [1.165, 1.54) is 0 Å². The summed E-state index contributed by atoms with van der Waals surface area (Å²) in [5.74, 6) is 0. The van der Waals surface area contributed by atoms with E-state index >= 15 is 0 Å². The van der Waals surface area contributed by atoms with E-state index in [0.717, 1.165) is 0 Å². The van der Waals surface area contributed by atoms with Crippen LogP contribution in [0.2, 0.25) is 0 Å². The van der Waals surface area contributed by atoms with Crippen molar-refractivity contribution >= 4 is 40.5 Å². The van der Waals surface area contributed by atoms with Crippen LogP contribution in [0, 0.1) is 0 Å². The zero-order valence-electron chi connectivity index (χ0n) is 15.0. The Kier molecular flexibility index (Phi) is 7.99. The Labute approximate surface area is 163 Å². The van der Waals surface area contributed by atoms with Crippen LogP contribution in [0.15, 0.2) is 0 Å². The average molecular weight is 493 g/mol. The van der Waals surface area contributed by atoms with Crippen molar-refractivity contribution in [1.82, 2.24) is 0 Å². The maximum absolute atomic E-state index is 11.6. The van der Waals surface area contributed by atoms with Gasteiger partial charge in [0, 0.05) is 0 Å². The Morgan fingerprint density at radius 2 is 1.07 bits per heavy atom. The Balaban J connectivity index is 3.42. The smallest absolute Gasteiger partial charge is 0.264 e. The van der Waals surface area contributed by atoms with E-state index in [9.17, 15) is 38.8 Å². The predicted molar refractivity (Wildman–Crippen MR) is 90.8 cm³/mol. The summed E-state index contributed by atoms with van der Waals surface area (Å²) in [4.78, 5) is 0. The van der Waals surface area contributed by atoms with Crippen LogP contribution in [0.3, 0.4) is 0 Å². The van der Waals surface area contributed by atoms with Crippen molar-refractivity contribution in [1.29, 1.82) is 0 Å². The van der Waals surface area contributed by atoms with Gasteiger partial charge in [-0.1, -0.05) is 0 Å². The number of hydrogen-bond acceptors (Lipinski definition) is 14. The van der Waals surface area contributed by atoms with Crippen LogP contribution in [0.25, 0.3) is 0 Å². The third-order valence-electron chi connectivity index (χ3n) is 2.91. The van der Waals surface area contributed by atoms with E-state index in [1.54, 1.807) is 0 Å². The molecule has 1 heterocycles. The van der Waals surface area contributed by atoms with Crippen LogP contribution >= 0.6 is 0 Å². The van der Waals surface area contributed by atoms with Gasteiger partial charge in [-0.15, -0.1) is 0 Å². The van der Waals surface area contributed by atoms with Crippen LogP contribution in [0.5, 0.6) is 0 Å². The third-order valence-corrected chi connectivity index (χ3v) is 5.19. The zero-order chi connectivity index (χ0) is 22.1. The Bertz CT molecular complexity index is 963. The van der Waals surface area contributed by atoms with Gasteiger partial charge in [-0.2, -0.15) is 33.7 Å². The summed E-state index contributed by atoms with van der Waals surface area (Å²) in [5, 5.41) is 10.0. The molecule has 0 aromatic rings. The Hall–Kier alpha value is -0.440. The molecule has 0 aliphatic carbocycles. The minimum absolute atomic E-state index is 0.561. The molecule has 0 aromatic heterocycles. The van der Waals surface area contributed by atoms with E-state index < -0.39 is 77.8 Å². The largest absolute Gasteiger partial charge is 0.366 e. The first kappa shape index (κ1) is 25.6. The maximum atomic E-state index is 11.6. The fourth-order valence-corrected chi connectivity index (χ4v) is 4.40. The molecular weight excluding hydrogens is 472 g/mol. The van der Waals surface area contributed by atoms with E-state index in [4.69, 9.17) is 8.92 Å². The van der Waals surface area contributed by atoms with Crippen LogP contribution in [-0.4, -0.2) is 101 Å². The fraction of sp³-hybridized carbons (Fsp3) is 1.00. The molecule has 168 valence electrons. The van der Waals surface area contributed by atoms with Crippen LogP contribution in [0.4, 0.5) is 0 Å². The molecule has 1 aliphatic rings. The Morgan fingerprint density at radius 1 is 0.679 bits per heavy atom. The van der Waals surface area contributed by atoms with Crippen molar-refractivity contribution in [3.63, 3.8) is 0 Å². The van der Waals surface area contributed by atoms with Crippen molar-refractivity contribution < 1.29 is 60.2 Å². The van der Waals surface area contributed by atoms with Gasteiger partial charge < -0.3 is 9.84 Å². The van der Waals surface area contributed by atoms with Gasteiger partial charge in [0.25, 0.3) is 40.5 Å². The van der Waals surface area contributed by atoms with Crippen molar-refractivity contribution in [3.05, 3.63) is 0 Å². The normalized spacial score (nSPS) is 30.2. The molecule has 0 bridgehead atoms. The van der Waals surface area contributed by atoms with Crippen LogP contribution in [0.1, 0.15) is 0 Å². The topological polar surface area (TPSA) is 203 Å². The highest BCUT2D eigenvalue weighted by Crippen LogP contribution is 2.30. The lowest BCUT2D eigenvalue weighted by atomic mass is 9.99. The van der Waals surface area contributed by atoms with Crippen LogP contribution < -0.4 is 0 Å². The zero-order valence-corrected chi connectivity index (χ0v) is 18.2. The lowest BCUT2D eigenvalue weighted by Gasteiger charge is -2.42. The first-order valence-electron chi connectivity index (χ1n) is 7.10. The van der Waals surface area contributed by atoms with Gasteiger partial charge in [0.05, 0.1) is 31.6 Å². The molecule has 0 spiro atoms. The molecule has 1 aliphatic heterocycles. The molecule has 0 radical (unpaired) electrons. The average Bonchev–Trinajstić information content (AvgIpc) is 2.39. The summed E-state index contributed by atoms with van der Waals surface area (Å²) < 4.78 is 115. The molecule has 5 atom stereocenters. The van der Waals surface area contributed by atoms with Crippen molar-refractivity contribution in [2.45, 2.75) is 30.7 Å². The molecular formula is C10H20O14S4. The summed E-state index contributed by atoms with van der Waals surface area (Å²) in [6.07, 6.45) is -7.58. The molecule has 1 fully saturated rings. The molecule has 28 heavy (non-hydrogen) atoms. The highest BCUT2D eigenvalue weighted by atomic mass is 32.2. The molecule has 18 heteroatoms. The van der Waals surface area contributed by atoms with E-state index in [2.05, 4.69) is 12.5 Å². The number of aliphatic hydroxyl groups excluding tert-OH is 1. The van der Waals surface area contributed by atoms with Gasteiger partial charge in [-0.25, -0.2) is 0 Å². The summed E-state index contributed by atoms with van der Waals surface area (Å²) in [6, 6.07) is 0. The van der Waals surface area contributed by atoms with Crippen LogP contribution in [-0.2, 0) is 61.9 Å². The minimum atomic E-state index is -4.37. The summed E-state index contributed by atoms with van der Waals surface area (Å²) in [6.45, 7) is -0.911. The number of aliphatic hydroxyl groups is 1. The second-order valence-electron chi connectivity index (χ2n) is 5.85. The van der Waals surface area contributed by atoms with Gasteiger partial charge in [0.15, 0.2) is 12.4 Å². The quantitative estimate of drug-likeness (QED) is 0.314. The van der Waals surface area contributed by atoms with E-state index in [1.807, 2.05) is 0 Å². The summed E-state index contributed by atoms with van der Waals surface area (Å²) >= 11 is 0. The monoisotopic (exact) mass is 492 g/mol. The third kappa shape index (κ3) is 9.37. The van der Waals surface area contributed by atoms with Gasteiger partial charge >= 0.3 is 0 Å². The highest BCUT2D eigenvalue weighted by Gasteiger charge is 2.52. The standard InChI is InChI=1S/C10H20O14S4/c1-25(12,13)20-5-6-7(22-26(2,14)15)8(23-27(3,16)17)9(10(11)21-6)24-28(4,18)19/h6-11H,5H2,1-4H3/t6-,7+,8+,9-,10-/m0/s1. The molecule has 0 saturated carbocycles. The summed E-state index contributed by atoms with van der Waals surface area (Å²) in [5.41, 5.74) is 0. The lowest BCUT2D eigenvalue weighted by Crippen LogP contribution is -2.62. The molecule has 0 unspecified atom stereocenters. The lowest BCUT2D eigenvalue weighted by molar-refractivity contribution is -0.267. The van der Waals surface area contributed by atoms with E-state index in [0.29, 0.717) is 25.0 Å². The second-order valence-corrected chi connectivity index (χ2v) is 12.3. The predicted octanol–water partition coefficient (Wildman–Crippen LogP) is -3.29. The van der Waals surface area contributed by atoms with E-state index in [-0.39, 0.29) is 0 Å². The van der Waals surface area contributed by atoms with Gasteiger partial charge in [-0.05, 0) is 0 Å². The molecule has 1 saturated heterocycles. The molecule has 0 amide bonds. The van der Waals surface area contributed by atoms with Crippen molar-refractivity contribution in [3.8, 4) is 0 Å². The first-order chi connectivity index (χ1) is 12.3. The van der Waals surface area contributed by atoms with Gasteiger partial charge in [-0.3, -0.25) is 16.7 Å². The first-order valence-corrected chi connectivity index (χ1v) is 14.4. The number of hydrogen-bond donors (Lipinski definition) is 1. The highest BCUT2D eigenvalue weighted by molar-refractivity contribution is 7.86. The van der Waals surface area contributed by atoms with Crippen molar-refractivity contribution in [2.24, 2.45) is 0 Å². The molecule has 14 nitrogen and oxygen atoms in total. The fourth-order valence-electron chi connectivity index (χ4n) is 2.15. The van der Waals surface area contributed by atoms with Crippen molar-refractivity contribution in [2.75, 3.05) is 31.6 Å². The SMILES string of the molecule is CS(=O)(=O)OC[C@@H]1O[C@H](O)[C@@H](OS(C)(=O)=O)[C@H](OS(C)(=O)=O)[C@@H]1OS(C)(=O)=O. The molecule has 1 rings (SSSR count). The maximum Gasteiger partial charge on any atom is 0.264 e. The second kappa shape index (κ2) is 8.74. The minimum Gasteiger partial charge on any atom is -0.366 e. The molecule has 0 aromatic carbocycles. The summed E-state index contributed by atoms with van der Waals surface area (Å²) in [7, 11) is -17.1.